The lowest BCUT2D eigenvalue weighted by atomic mass is 9.99. The van der Waals surface area contributed by atoms with Gasteiger partial charge in [-0.3, -0.25) is 14.7 Å². The molecule has 0 saturated carbocycles. The number of aliphatic imine (C=N–C) groups is 1. The van der Waals surface area contributed by atoms with Crippen molar-refractivity contribution in [3.05, 3.63) is 47.8 Å². The third kappa shape index (κ3) is 4.86. The predicted molar refractivity (Wildman–Crippen MR) is 119 cm³/mol. The van der Waals surface area contributed by atoms with Crippen LogP contribution in [0, 0.1) is 0 Å². The van der Waals surface area contributed by atoms with Crippen molar-refractivity contribution in [3.8, 4) is 0 Å². The summed E-state index contributed by atoms with van der Waals surface area (Å²) < 4.78 is 0. The first-order valence-corrected chi connectivity index (χ1v) is 9.84. The Morgan fingerprint density at radius 1 is 1.24 bits per heavy atom. The molecule has 7 heteroatoms. The Bertz CT molecular complexity index is 885. The number of aromatic nitrogens is 2. The van der Waals surface area contributed by atoms with Gasteiger partial charge in [-0.15, -0.1) is 0 Å². The highest BCUT2D eigenvalue weighted by molar-refractivity contribution is 5.88. The highest BCUT2D eigenvalue weighted by atomic mass is 16.1. The van der Waals surface area contributed by atoms with Crippen LogP contribution in [0.4, 0.5) is 17.3 Å². The molecule has 3 rings (SSSR count). The summed E-state index contributed by atoms with van der Waals surface area (Å²) in [6.45, 7) is 13.0. The number of carbonyl (C=O) groups is 1. The second-order valence-electron chi connectivity index (χ2n) is 7.10. The number of carbonyl (C=O) groups excluding carboxylic acids is 1. The average molecular weight is 393 g/mol. The van der Waals surface area contributed by atoms with Gasteiger partial charge in [-0.2, -0.15) is 0 Å². The fourth-order valence-electron chi connectivity index (χ4n) is 3.67. The van der Waals surface area contributed by atoms with Crippen molar-refractivity contribution < 1.29 is 4.79 Å². The van der Waals surface area contributed by atoms with E-state index in [1.165, 1.54) is 12.5 Å². The van der Waals surface area contributed by atoms with Crippen LogP contribution in [0.1, 0.15) is 37.9 Å². The SMILES string of the molecule is C=Nc1c(/C=C\C)cccc1C(C)N1CCN(c2ncc(NC(C)=O)cn2)CC1. The van der Waals surface area contributed by atoms with E-state index in [0.29, 0.717) is 11.6 Å². The number of rotatable bonds is 6. The first kappa shape index (κ1) is 20.7. The quantitative estimate of drug-likeness (QED) is 0.759. The Kier molecular flexibility index (Phi) is 6.72. The zero-order valence-corrected chi connectivity index (χ0v) is 17.3. The van der Waals surface area contributed by atoms with Gasteiger partial charge in [-0.25, -0.2) is 9.97 Å². The van der Waals surface area contributed by atoms with E-state index in [0.717, 1.165) is 37.4 Å². The molecule has 0 radical (unpaired) electrons. The molecule has 1 fully saturated rings. The zero-order valence-electron chi connectivity index (χ0n) is 17.3. The predicted octanol–water partition coefficient (Wildman–Crippen LogP) is 3.68. The summed E-state index contributed by atoms with van der Waals surface area (Å²) in [5.74, 6) is 0.561. The third-order valence-corrected chi connectivity index (χ3v) is 5.16. The van der Waals surface area contributed by atoms with E-state index in [9.17, 15) is 4.79 Å². The summed E-state index contributed by atoms with van der Waals surface area (Å²) in [6.07, 6.45) is 7.38. The molecule has 1 aromatic carbocycles. The second-order valence-corrected chi connectivity index (χ2v) is 7.10. The molecule has 1 aliphatic rings. The minimum absolute atomic E-state index is 0.129. The molecule has 2 aromatic rings. The fraction of sp³-hybridized carbons (Fsp3) is 0.364. The molecule has 0 bridgehead atoms. The first-order chi connectivity index (χ1) is 14.0. The van der Waals surface area contributed by atoms with E-state index in [4.69, 9.17) is 0 Å². The van der Waals surface area contributed by atoms with Crippen molar-refractivity contribution in [3.63, 3.8) is 0 Å². The van der Waals surface area contributed by atoms with Gasteiger partial charge in [0.15, 0.2) is 0 Å². The number of nitrogens with zero attached hydrogens (tertiary/aromatic N) is 5. The molecule has 2 heterocycles. The van der Waals surface area contributed by atoms with E-state index in [-0.39, 0.29) is 11.9 Å². The summed E-state index contributed by atoms with van der Waals surface area (Å²) in [5.41, 5.74) is 3.86. The number of para-hydroxylation sites is 1. The maximum Gasteiger partial charge on any atom is 0.225 e. The van der Waals surface area contributed by atoms with Gasteiger partial charge in [0.2, 0.25) is 11.9 Å². The molecule has 1 N–H and O–H groups in total. The zero-order chi connectivity index (χ0) is 20.8. The molecule has 29 heavy (non-hydrogen) atoms. The van der Waals surface area contributed by atoms with Crippen molar-refractivity contribution in [2.75, 3.05) is 36.4 Å². The topological polar surface area (TPSA) is 73.7 Å². The fourth-order valence-corrected chi connectivity index (χ4v) is 3.67. The number of allylic oxidation sites excluding steroid dienone is 1. The molecule has 7 nitrogen and oxygen atoms in total. The van der Waals surface area contributed by atoms with Gasteiger partial charge in [-0.05, 0) is 26.1 Å². The van der Waals surface area contributed by atoms with Crippen molar-refractivity contribution >= 4 is 36.0 Å². The lowest BCUT2D eigenvalue weighted by Gasteiger charge is -2.38. The van der Waals surface area contributed by atoms with Gasteiger partial charge in [0.05, 0.1) is 23.8 Å². The lowest BCUT2D eigenvalue weighted by Crippen LogP contribution is -2.47. The Morgan fingerprint density at radius 3 is 2.52 bits per heavy atom. The molecule has 1 atom stereocenters. The number of anilines is 2. The summed E-state index contributed by atoms with van der Waals surface area (Å²) in [7, 11) is 0. The highest BCUT2D eigenvalue weighted by Gasteiger charge is 2.25. The maximum atomic E-state index is 11.1. The number of hydrogen-bond acceptors (Lipinski definition) is 6. The van der Waals surface area contributed by atoms with Gasteiger partial charge in [0, 0.05) is 44.7 Å². The molecular weight excluding hydrogens is 364 g/mol. The van der Waals surface area contributed by atoms with Crippen LogP contribution >= 0.6 is 0 Å². The lowest BCUT2D eigenvalue weighted by molar-refractivity contribution is -0.114. The third-order valence-electron chi connectivity index (χ3n) is 5.16. The van der Waals surface area contributed by atoms with E-state index >= 15 is 0 Å². The Balaban J connectivity index is 1.67. The van der Waals surface area contributed by atoms with Crippen molar-refractivity contribution in [2.24, 2.45) is 4.99 Å². The van der Waals surface area contributed by atoms with E-state index < -0.39 is 0 Å². The summed E-state index contributed by atoms with van der Waals surface area (Å²) in [5, 5.41) is 2.69. The Hall–Kier alpha value is -3.06. The van der Waals surface area contributed by atoms with Gasteiger partial charge in [0.25, 0.3) is 0 Å². The van der Waals surface area contributed by atoms with E-state index in [2.05, 4.69) is 68.0 Å². The van der Waals surface area contributed by atoms with Crippen LogP contribution in [0.15, 0.2) is 41.7 Å². The largest absolute Gasteiger partial charge is 0.338 e. The first-order valence-electron chi connectivity index (χ1n) is 9.84. The molecule has 1 aromatic heterocycles. The van der Waals surface area contributed by atoms with Gasteiger partial charge < -0.3 is 10.2 Å². The minimum atomic E-state index is -0.129. The summed E-state index contributed by atoms with van der Waals surface area (Å²) in [4.78, 5) is 28.8. The number of amides is 1. The standard InChI is InChI=1S/C22H28N6O/c1-5-7-18-8-6-9-20(21(18)23-4)16(2)27-10-12-28(13-11-27)22-24-14-19(15-25-22)26-17(3)29/h5-9,14-16H,4,10-13H2,1-3H3,(H,26,29)/b7-5-. The summed E-state index contributed by atoms with van der Waals surface area (Å²) in [6, 6.07) is 6.53. The average Bonchev–Trinajstić information content (AvgIpc) is 2.73. The molecule has 0 aliphatic carbocycles. The normalized spacial score (nSPS) is 16.0. The molecule has 0 spiro atoms. The molecule has 1 aliphatic heterocycles. The Labute approximate surface area is 172 Å². The van der Waals surface area contributed by atoms with Crippen molar-refractivity contribution in [1.82, 2.24) is 14.9 Å². The summed E-state index contributed by atoms with van der Waals surface area (Å²) >= 11 is 0. The molecule has 1 unspecified atom stereocenters. The van der Waals surface area contributed by atoms with Crippen LogP contribution in [0.25, 0.3) is 6.08 Å². The monoisotopic (exact) mass is 392 g/mol. The van der Waals surface area contributed by atoms with Crippen molar-refractivity contribution in [2.45, 2.75) is 26.8 Å². The number of benzene rings is 1. The van der Waals surface area contributed by atoms with Crippen LogP contribution < -0.4 is 10.2 Å². The van der Waals surface area contributed by atoms with Gasteiger partial charge in [0.1, 0.15) is 0 Å². The van der Waals surface area contributed by atoms with Crippen LogP contribution in [-0.4, -0.2) is 53.7 Å². The molecule has 1 saturated heterocycles. The molecule has 1 amide bonds. The molecular formula is C22H28N6O. The van der Waals surface area contributed by atoms with Gasteiger partial charge in [-0.1, -0.05) is 30.4 Å². The smallest absolute Gasteiger partial charge is 0.225 e. The van der Waals surface area contributed by atoms with Gasteiger partial charge >= 0.3 is 0 Å². The van der Waals surface area contributed by atoms with E-state index in [1.807, 2.05) is 13.0 Å². The van der Waals surface area contributed by atoms with Crippen molar-refractivity contribution in [1.29, 1.82) is 0 Å². The van der Waals surface area contributed by atoms with Crippen LogP contribution in [0.3, 0.4) is 0 Å². The van der Waals surface area contributed by atoms with E-state index in [1.54, 1.807) is 12.4 Å². The number of piperazine rings is 1. The van der Waals surface area contributed by atoms with Crippen LogP contribution in [-0.2, 0) is 4.79 Å². The van der Waals surface area contributed by atoms with Crippen LogP contribution in [0.2, 0.25) is 0 Å². The number of nitrogens with one attached hydrogen (secondary N) is 1. The minimum Gasteiger partial charge on any atom is -0.338 e. The number of hydrogen-bond donors (Lipinski definition) is 1. The maximum absolute atomic E-state index is 11.1. The Morgan fingerprint density at radius 2 is 1.93 bits per heavy atom. The highest BCUT2D eigenvalue weighted by Crippen LogP contribution is 2.33. The van der Waals surface area contributed by atoms with Crippen LogP contribution in [0.5, 0.6) is 0 Å². The second kappa shape index (κ2) is 9.43. The molecule has 152 valence electrons.